The van der Waals surface area contributed by atoms with E-state index in [0.717, 1.165) is 5.69 Å². The number of aryl methyl sites for hydroxylation is 1. The normalized spacial score (nSPS) is 12.5. The van der Waals surface area contributed by atoms with Crippen molar-refractivity contribution in [1.82, 2.24) is 4.57 Å². The van der Waals surface area contributed by atoms with Gasteiger partial charge in [-0.2, -0.15) is 0 Å². The van der Waals surface area contributed by atoms with Crippen molar-refractivity contribution in [2.75, 3.05) is 7.11 Å². The Balaban J connectivity index is 2.58. The van der Waals surface area contributed by atoms with Crippen LogP contribution in [0.3, 0.4) is 0 Å². The average molecular weight is 197 g/mol. The van der Waals surface area contributed by atoms with E-state index < -0.39 is 6.10 Å². The van der Waals surface area contributed by atoms with Crippen molar-refractivity contribution in [1.29, 1.82) is 0 Å². The van der Waals surface area contributed by atoms with Gasteiger partial charge in [-0.25, -0.2) is 0 Å². The predicted octanol–water partition coefficient (Wildman–Crippen LogP) is 1.10. The molecule has 0 bridgehead atoms. The standard InChI is InChI=1S/C10H15NO3/c1-8(12)9-4-3-6-11(9)7-5-10(13)14-2/h3-4,6,8,12H,5,7H2,1-2H3. The van der Waals surface area contributed by atoms with Crippen molar-refractivity contribution in [2.45, 2.75) is 26.0 Å². The molecule has 1 aromatic heterocycles. The van der Waals surface area contributed by atoms with E-state index in [1.165, 1.54) is 7.11 Å². The fourth-order valence-corrected chi connectivity index (χ4v) is 1.32. The number of hydrogen-bond donors (Lipinski definition) is 1. The molecule has 0 aliphatic heterocycles. The SMILES string of the molecule is COC(=O)CCn1cccc1C(C)O. The lowest BCUT2D eigenvalue weighted by atomic mass is 10.3. The van der Waals surface area contributed by atoms with Gasteiger partial charge >= 0.3 is 5.97 Å². The van der Waals surface area contributed by atoms with Gasteiger partial charge in [0.15, 0.2) is 0 Å². The van der Waals surface area contributed by atoms with Crippen molar-refractivity contribution in [3.05, 3.63) is 24.0 Å². The summed E-state index contributed by atoms with van der Waals surface area (Å²) in [4.78, 5) is 10.9. The van der Waals surface area contributed by atoms with Crippen molar-refractivity contribution >= 4 is 5.97 Å². The average Bonchev–Trinajstić information content (AvgIpc) is 2.62. The molecule has 0 saturated carbocycles. The molecule has 1 aromatic rings. The summed E-state index contributed by atoms with van der Waals surface area (Å²) in [7, 11) is 1.37. The van der Waals surface area contributed by atoms with Crippen LogP contribution in [0.15, 0.2) is 18.3 Å². The summed E-state index contributed by atoms with van der Waals surface area (Å²) in [6.07, 6.45) is 1.65. The monoisotopic (exact) mass is 197 g/mol. The molecule has 4 heteroatoms. The first-order chi connectivity index (χ1) is 6.65. The molecule has 1 N–H and O–H groups in total. The molecule has 0 amide bonds. The van der Waals surface area contributed by atoms with Crippen LogP contribution in [0.4, 0.5) is 0 Å². The Morgan fingerprint density at radius 2 is 2.43 bits per heavy atom. The maximum Gasteiger partial charge on any atom is 0.307 e. The number of carbonyl (C=O) groups excluding carboxylic acids is 1. The van der Waals surface area contributed by atoms with Gasteiger partial charge in [0.1, 0.15) is 0 Å². The number of carbonyl (C=O) groups is 1. The van der Waals surface area contributed by atoms with Gasteiger partial charge in [-0.3, -0.25) is 4.79 Å². The van der Waals surface area contributed by atoms with Gasteiger partial charge in [-0.15, -0.1) is 0 Å². The van der Waals surface area contributed by atoms with Crippen LogP contribution in [0.5, 0.6) is 0 Å². The number of aromatic nitrogens is 1. The van der Waals surface area contributed by atoms with Crippen LogP contribution >= 0.6 is 0 Å². The predicted molar refractivity (Wildman–Crippen MR) is 51.7 cm³/mol. The fraction of sp³-hybridized carbons (Fsp3) is 0.500. The number of esters is 1. The Hall–Kier alpha value is -1.29. The highest BCUT2D eigenvalue weighted by Gasteiger charge is 2.07. The maximum absolute atomic E-state index is 10.9. The van der Waals surface area contributed by atoms with Crippen molar-refractivity contribution < 1.29 is 14.6 Å². The van der Waals surface area contributed by atoms with Crippen LogP contribution in [-0.2, 0) is 16.1 Å². The minimum absolute atomic E-state index is 0.241. The van der Waals surface area contributed by atoms with Crippen LogP contribution in [0.1, 0.15) is 25.1 Å². The van der Waals surface area contributed by atoms with Gasteiger partial charge in [0, 0.05) is 18.4 Å². The zero-order valence-corrected chi connectivity index (χ0v) is 8.43. The van der Waals surface area contributed by atoms with Gasteiger partial charge in [-0.05, 0) is 19.1 Å². The number of aliphatic hydroxyl groups is 1. The number of methoxy groups -OCH3 is 1. The molecule has 1 unspecified atom stereocenters. The number of rotatable bonds is 4. The van der Waals surface area contributed by atoms with Crippen molar-refractivity contribution in [3.8, 4) is 0 Å². The molecule has 0 spiro atoms. The molecule has 0 aliphatic rings. The second-order valence-electron chi connectivity index (χ2n) is 3.13. The van der Waals surface area contributed by atoms with Crippen LogP contribution in [0, 0.1) is 0 Å². The summed E-state index contributed by atoms with van der Waals surface area (Å²) >= 11 is 0. The van der Waals surface area contributed by atoms with Gasteiger partial charge in [0.05, 0.1) is 19.6 Å². The highest BCUT2D eigenvalue weighted by molar-refractivity contribution is 5.68. The lowest BCUT2D eigenvalue weighted by molar-refractivity contribution is -0.140. The van der Waals surface area contributed by atoms with Gasteiger partial charge in [-0.1, -0.05) is 0 Å². The summed E-state index contributed by atoms with van der Waals surface area (Å²) in [5.41, 5.74) is 0.814. The first kappa shape index (κ1) is 10.8. The number of ether oxygens (including phenoxy) is 1. The smallest absolute Gasteiger partial charge is 0.307 e. The molecule has 1 heterocycles. The summed E-state index contributed by atoms with van der Waals surface area (Å²) < 4.78 is 6.38. The maximum atomic E-state index is 10.9. The Labute approximate surface area is 83.1 Å². The third-order valence-electron chi connectivity index (χ3n) is 2.08. The Morgan fingerprint density at radius 3 is 3.00 bits per heavy atom. The van der Waals surface area contributed by atoms with E-state index in [4.69, 9.17) is 0 Å². The van der Waals surface area contributed by atoms with E-state index in [1.807, 2.05) is 22.9 Å². The van der Waals surface area contributed by atoms with E-state index in [1.54, 1.807) is 6.92 Å². The van der Waals surface area contributed by atoms with Gasteiger partial charge < -0.3 is 14.4 Å². The third-order valence-corrected chi connectivity index (χ3v) is 2.08. The number of hydrogen-bond acceptors (Lipinski definition) is 3. The first-order valence-electron chi connectivity index (χ1n) is 4.55. The van der Waals surface area contributed by atoms with Crippen LogP contribution in [0.25, 0.3) is 0 Å². The molecular formula is C10H15NO3. The highest BCUT2D eigenvalue weighted by atomic mass is 16.5. The lowest BCUT2D eigenvalue weighted by Gasteiger charge is -2.10. The fourth-order valence-electron chi connectivity index (χ4n) is 1.32. The topological polar surface area (TPSA) is 51.5 Å². The minimum Gasteiger partial charge on any atom is -0.469 e. The first-order valence-corrected chi connectivity index (χ1v) is 4.55. The molecule has 0 fully saturated rings. The molecular weight excluding hydrogens is 182 g/mol. The van der Waals surface area contributed by atoms with Gasteiger partial charge in [0.25, 0.3) is 0 Å². The number of nitrogens with zero attached hydrogens (tertiary/aromatic N) is 1. The molecule has 1 atom stereocenters. The summed E-state index contributed by atoms with van der Waals surface area (Å²) in [5, 5.41) is 9.38. The van der Waals surface area contributed by atoms with Crippen molar-refractivity contribution in [3.63, 3.8) is 0 Å². The van der Waals surface area contributed by atoms with Crippen LogP contribution in [0.2, 0.25) is 0 Å². The second kappa shape index (κ2) is 4.81. The molecule has 4 nitrogen and oxygen atoms in total. The number of aliphatic hydroxyl groups excluding tert-OH is 1. The lowest BCUT2D eigenvalue weighted by Crippen LogP contribution is -2.09. The summed E-state index contributed by atoms with van der Waals surface area (Å²) in [5.74, 6) is -0.241. The van der Waals surface area contributed by atoms with Crippen molar-refractivity contribution in [2.24, 2.45) is 0 Å². The van der Waals surface area contributed by atoms with E-state index in [2.05, 4.69) is 4.74 Å². The quantitative estimate of drug-likeness (QED) is 0.735. The molecule has 0 saturated heterocycles. The van der Waals surface area contributed by atoms with E-state index in [0.29, 0.717) is 13.0 Å². The molecule has 78 valence electrons. The third kappa shape index (κ3) is 2.60. The largest absolute Gasteiger partial charge is 0.469 e. The highest BCUT2D eigenvalue weighted by Crippen LogP contribution is 2.13. The Kier molecular flexibility index (Phi) is 3.71. The summed E-state index contributed by atoms with van der Waals surface area (Å²) in [6.45, 7) is 2.24. The molecule has 14 heavy (non-hydrogen) atoms. The van der Waals surface area contributed by atoms with Crippen LogP contribution < -0.4 is 0 Å². The molecule has 0 radical (unpaired) electrons. The Morgan fingerprint density at radius 1 is 1.71 bits per heavy atom. The molecule has 0 aliphatic carbocycles. The van der Waals surface area contributed by atoms with E-state index >= 15 is 0 Å². The zero-order chi connectivity index (χ0) is 10.6. The van der Waals surface area contributed by atoms with Gasteiger partial charge in [0.2, 0.25) is 0 Å². The molecule has 0 aromatic carbocycles. The van der Waals surface area contributed by atoms with E-state index in [9.17, 15) is 9.90 Å². The Bertz CT molecular complexity index is 304. The zero-order valence-electron chi connectivity index (χ0n) is 8.43. The molecule has 1 rings (SSSR count). The van der Waals surface area contributed by atoms with E-state index in [-0.39, 0.29) is 5.97 Å². The van der Waals surface area contributed by atoms with Crippen LogP contribution in [-0.4, -0.2) is 22.8 Å². The summed E-state index contributed by atoms with van der Waals surface area (Å²) in [6, 6.07) is 3.68. The minimum atomic E-state index is -0.511. The second-order valence-corrected chi connectivity index (χ2v) is 3.13.